The molecule has 18 heavy (non-hydrogen) atoms. The Bertz CT molecular complexity index is 529. The first-order valence-corrected chi connectivity index (χ1v) is 6.16. The van der Waals surface area contributed by atoms with Crippen molar-refractivity contribution in [3.05, 3.63) is 57.8 Å². The highest BCUT2D eigenvalue weighted by Crippen LogP contribution is 2.27. The second kappa shape index (κ2) is 6.05. The van der Waals surface area contributed by atoms with Crippen LogP contribution in [-0.2, 0) is 13.2 Å². The fourth-order valence-corrected chi connectivity index (χ4v) is 1.87. The van der Waals surface area contributed by atoms with Crippen molar-refractivity contribution in [3.63, 3.8) is 0 Å². The van der Waals surface area contributed by atoms with E-state index in [1.165, 1.54) is 0 Å². The van der Waals surface area contributed by atoms with Gasteiger partial charge in [0.25, 0.3) is 0 Å². The van der Waals surface area contributed by atoms with Crippen molar-refractivity contribution in [2.24, 2.45) is 5.73 Å². The molecule has 0 fully saturated rings. The van der Waals surface area contributed by atoms with Gasteiger partial charge in [0.15, 0.2) is 0 Å². The van der Waals surface area contributed by atoms with Crippen molar-refractivity contribution in [1.29, 1.82) is 0 Å². The van der Waals surface area contributed by atoms with E-state index in [1.807, 2.05) is 12.1 Å². The minimum Gasteiger partial charge on any atom is -0.486 e. The molecule has 2 aromatic rings. The molecule has 0 aliphatic heterocycles. The Hall–Kier alpha value is -1.29. The van der Waals surface area contributed by atoms with E-state index in [4.69, 9.17) is 33.7 Å². The van der Waals surface area contributed by atoms with Gasteiger partial charge in [-0.2, -0.15) is 0 Å². The van der Waals surface area contributed by atoms with Crippen molar-refractivity contribution in [3.8, 4) is 5.75 Å². The average Bonchev–Trinajstić information content (AvgIpc) is 2.38. The molecule has 0 spiro atoms. The number of aromatic nitrogens is 1. The van der Waals surface area contributed by atoms with Gasteiger partial charge < -0.3 is 10.5 Å². The SMILES string of the molecule is NCc1ccc(COc2ccc(Cl)cc2Cl)nc1. The van der Waals surface area contributed by atoms with Crippen molar-refractivity contribution >= 4 is 23.2 Å². The summed E-state index contributed by atoms with van der Waals surface area (Å²) < 4.78 is 5.57. The first kappa shape index (κ1) is 13.1. The lowest BCUT2D eigenvalue weighted by Gasteiger charge is -2.08. The van der Waals surface area contributed by atoms with Gasteiger partial charge in [-0.1, -0.05) is 29.3 Å². The summed E-state index contributed by atoms with van der Waals surface area (Å²) in [5.41, 5.74) is 7.30. The van der Waals surface area contributed by atoms with E-state index in [1.54, 1.807) is 24.4 Å². The third-order valence-corrected chi connectivity index (χ3v) is 2.92. The lowest BCUT2D eigenvalue weighted by atomic mass is 10.2. The number of benzene rings is 1. The zero-order chi connectivity index (χ0) is 13.0. The zero-order valence-electron chi connectivity index (χ0n) is 9.57. The number of nitrogens with two attached hydrogens (primary N) is 1. The zero-order valence-corrected chi connectivity index (χ0v) is 11.1. The van der Waals surface area contributed by atoms with E-state index < -0.39 is 0 Å². The molecule has 1 heterocycles. The third-order valence-electron chi connectivity index (χ3n) is 2.39. The van der Waals surface area contributed by atoms with Gasteiger partial charge in [0.2, 0.25) is 0 Å². The molecule has 0 atom stereocenters. The predicted molar refractivity (Wildman–Crippen MR) is 72.9 cm³/mol. The van der Waals surface area contributed by atoms with Crippen LogP contribution < -0.4 is 10.5 Å². The smallest absolute Gasteiger partial charge is 0.138 e. The van der Waals surface area contributed by atoms with E-state index in [0.29, 0.717) is 28.9 Å². The Morgan fingerprint density at radius 3 is 2.61 bits per heavy atom. The number of hydrogen-bond acceptors (Lipinski definition) is 3. The Balaban J connectivity index is 2.02. The minimum absolute atomic E-state index is 0.353. The highest BCUT2D eigenvalue weighted by atomic mass is 35.5. The molecular weight excluding hydrogens is 271 g/mol. The maximum Gasteiger partial charge on any atom is 0.138 e. The van der Waals surface area contributed by atoms with Crippen molar-refractivity contribution in [1.82, 2.24) is 4.98 Å². The molecule has 3 nitrogen and oxygen atoms in total. The Morgan fingerprint density at radius 2 is 2.00 bits per heavy atom. The molecule has 2 N–H and O–H groups in total. The van der Waals surface area contributed by atoms with Crippen LogP contribution in [0.25, 0.3) is 0 Å². The highest BCUT2D eigenvalue weighted by Gasteiger charge is 2.03. The van der Waals surface area contributed by atoms with Crippen LogP contribution >= 0.6 is 23.2 Å². The Labute approximate surface area is 115 Å². The van der Waals surface area contributed by atoms with Gasteiger partial charge >= 0.3 is 0 Å². The average molecular weight is 283 g/mol. The summed E-state index contributed by atoms with van der Waals surface area (Å²) in [5.74, 6) is 0.589. The molecule has 94 valence electrons. The van der Waals surface area contributed by atoms with Crippen LogP contribution in [0.3, 0.4) is 0 Å². The van der Waals surface area contributed by atoms with Gasteiger partial charge in [0.1, 0.15) is 12.4 Å². The van der Waals surface area contributed by atoms with Gasteiger partial charge in [-0.05, 0) is 29.8 Å². The maximum absolute atomic E-state index is 6.00. The van der Waals surface area contributed by atoms with Crippen molar-refractivity contribution in [2.75, 3.05) is 0 Å². The molecule has 0 aliphatic carbocycles. The molecule has 0 saturated heterocycles. The molecule has 0 saturated carbocycles. The van der Waals surface area contributed by atoms with Gasteiger partial charge in [-0.15, -0.1) is 0 Å². The van der Waals surface area contributed by atoms with Crippen molar-refractivity contribution < 1.29 is 4.74 Å². The summed E-state index contributed by atoms with van der Waals surface area (Å²) in [6.07, 6.45) is 1.74. The summed E-state index contributed by atoms with van der Waals surface area (Å²) in [6, 6.07) is 8.91. The number of pyridine rings is 1. The Morgan fingerprint density at radius 1 is 1.17 bits per heavy atom. The minimum atomic E-state index is 0.353. The number of rotatable bonds is 4. The van der Waals surface area contributed by atoms with Gasteiger partial charge in [-0.3, -0.25) is 4.98 Å². The maximum atomic E-state index is 6.00. The van der Waals surface area contributed by atoms with E-state index in [2.05, 4.69) is 4.98 Å². The molecular formula is C13H12Cl2N2O. The monoisotopic (exact) mass is 282 g/mol. The number of ether oxygens (including phenoxy) is 1. The quantitative estimate of drug-likeness (QED) is 0.935. The second-order valence-electron chi connectivity index (χ2n) is 3.73. The molecule has 0 aliphatic rings. The Kier molecular flexibility index (Phi) is 4.42. The summed E-state index contributed by atoms with van der Waals surface area (Å²) in [6.45, 7) is 0.837. The third kappa shape index (κ3) is 3.35. The van der Waals surface area contributed by atoms with E-state index >= 15 is 0 Å². The second-order valence-corrected chi connectivity index (χ2v) is 4.57. The molecule has 2 rings (SSSR count). The number of hydrogen-bond donors (Lipinski definition) is 1. The predicted octanol–water partition coefficient (Wildman–Crippen LogP) is 3.43. The van der Waals surface area contributed by atoms with Crippen LogP contribution in [-0.4, -0.2) is 4.98 Å². The van der Waals surface area contributed by atoms with Crippen LogP contribution in [0.4, 0.5) is 0 Å². The normalized spacial score (nSPS) is 10.4. The molecule has 0 unspecified atom stereocenters. The van der Waals surface area contributed by atoms with E-state index in [0.717, 1.165) is 11.3 Å². The van der Waals surface area contributed by atoms with Crippen LogP contribution in [0.1, 0.15) is 11.3 Å². The van der Waals surface area contributed by atoms with Crippen LogP contribution in [0.2, 0.25) is 10.0 Å². The summed E-state index contributed by atoms with van der Waals surface area (Å²) in [4.78, 5) is 4.24. The van der Waals surface area contributed by atoms with Crippen LogP contribution in [0.15, 0.2) is 36.5 Å². The number of halogens is 2. The molecule has 1 aromatic heterocycles. The summed E-state index contributed by atoms with van der Waals surface area (Å²) >= 11 is 11.8. The molecule has 0 bridgehead atoms. The van der Waals surface area contributed by atoms with Crippen LogP contribution in [0.5, 0.6) is 5.75 Å². The fraction of sp³-hybridized carbons (Fsp3) is 0.154. The summed E-state index contributed by atoms with van der Waals surface area (Å²) in [7, 11) is 0. The largest absolute Gasteiger partial charge is 0.486 e. The first-order valence-electron chi connectivity index (χ1n) is 5.41. The fourth-order valence-electron chi connectivity index (χ4n) is 1.41. The molecule has 0 amide bonds. The summed E-state index contributed by atoms with van der Waals surface area (Å²) in [5, 5.41) is 1.07. The van der Waals surface area contributed by atoms with Gasteiger partial charge in [0.05, 0.1) is 10.7 Å². The van der Waals surface area contributed by atoms with Gasteiger partial charge in [-0.25, -0.2) is 0 Å². The molecule has 0 radical (unpaired) electrons. The van der Waals surface area contributed by atoms with Crippen LogP contribution in [0, 0.1) is 0 Å². The topological polar surface area (TPSA) is 48.1 Å². The van der Waals surface area contributed by atoms with Gasteiger partial charge in [0, 0.05) is 17.8 Å². The highest BCUT2D eigenvalue weighted by molar-refractivity contribution is 6.35. The van der Waals surface area contributed by atoms with E-state index in [-0.39, 0.29) is 0 Å². The lowest BCUT2D eigenvalue weighted by Crippen LogP contribution is -2.01. The first-order chi connectivity index (χ1) is 8.69. The van der Waals surface area contributed by atoms with Crippen molar-refractivity contribution in [2.45, 2.75) is 13.2 Å². The van der Waals surface area contributed by atoms with E-state index in [9.17, 15) is 0 Å². The lowest BCUT2D eigenvalue weighted by molar-refractivity contribution is 0.301. The molecule has 1 aromatic carbocycles. The number of nitrogens with zero attached hydrogens (tertiary/aromatic N) is 1. The standard InChI is InChI=1S/C13H12Cl2N2O/c14-10-2-4-13(12(15)5-10)18-8-11-3-1-9(6-16)7-17-11/h1-5,7H,6,8,16H2. The molecule has 5 heteroatoms.